The molecule has 0 radical (unpaired) electrons. The lowest BCUT2D eigenvalue weighted by Gasteiger charge is -2.03. The summed E-state index contributed by atoms with van der Waals surface area (Å²) >= 11 is 1.50. The second kappa shape index (κ2) is 4.67. The van der Waals surface area contributed by atoms with Crippen LogP contribution in [0.15, 0.2) is 30.0 Å². The quantitative estimate of drug-likeness (QED) is 0.649. The van der Waals surface area contributed by atoms with Crippen molar-refractivity contribution in [3.63, 3.8) is 0 Å². The first-order valence-electron chi connectivity index (χ1n) is 4.48. The number of nitro groups is 1. The zero-order chi connectivity index (χ0) is 11.4. The molecular formula is C9H8N4O2S. The molecule has 7 heteroatoms. The smallest absolute Gasteiger partial charge is 0.310 e. The monoisotopic (exact) mass is 236 g/mol. The Labute approximate surface area is 95.1 Å². The third-order valence-electron chi connectivity index (χ3n) is 1.91. The number of hydrogen-bond acceptors (Lipinski definition) is 6. The Morgan fingerprint density at radius 3 is 3.06 bits per heavy atom. The number of anilines is 1. The first-order valence-corrected chi connectivity index (χ1v) is 5.36. The van der Waals surface area contributed by atoms with Crippen molar-refractivity contribution >= 4 is 22.7 Å². The SMILES string of the molecule is O=[N+]([O-])c1cnccc1NCc1nccs1. The minimum atomic E-state index is -0.461. The maximum atomic E-state index is 10.7. The van der Waals surface area contributed by atoms with Gasteiger partial charge >= 0.3 is 5.69 Å². The van der Waals surface area contributed by atoms with Crippen LogP contribution in [0.4, 0.5) is 11.4 Å². The van der Waals surface area contributed by atoms with Crippen LogP contribution in [0.2, 0.25) is 0 Å². The van der Waals surface area contributed by atoms with Crippen LogP contribution in [-0.2, 0) is 6.54 Å². The molecule has 2 heterocycles. The molecule has 2 aromatic heterocycles. The fourth-order valence-electron chi connectivity index (χ4n) is 1.19. The van der Waals surface area contributed by atoms with Crippen molar-refractivity contribution < 1.29 is 4.92 Å². The van der Waals surface area contributed by atoms with E-state index < -0.39 is 4.92 Å². The van der Waals surface area contributed by atoms with Crippen molar-refractivity contribution in [2.75, 3.05) is 5.32 Å². The molecular weight excluding hydrogens is 228 g/mol. The molecule has 0 aliphatic heterocycles. The summed E-state index contributed by atoms with van der Waals surface area (Å²) in [4.78, 5) is 18.0. The summed E-state index contributed by atoms with van der Waals surface area (Å²) in [5.74, 6) is 0. The minimum absolute atomic E-state index is 0.0287. The third kappa shape index (κ3) is 2.31. The molecule has 1 N–H and O–H groups in total. The van der Waals surface area contributed by atoms with Gasteiger partial charge in [-0.15, -0.1) is 11.3 Å². The molecule has 0 bridgehead atoms. The van der Waals surface area contributed by atoms with E-state index in [0.717, 1.165) is 5.01 Å². The van der Waals surface area contributed by atoms with Gasteiger partial charge in [-0.2, -0.15) is 0 Å². The van der Waals surface area contributed by atoms with E-state index in [0.29, 0.717) is 12.2 Å². The van der Waals surface area contributed by atoms with Crippen LogP contribution in [0, 0.1) is 10.1 Å². The van der Waals surface area contributed by atoms with Gasteiger partial charge in [-0.3, -0.25) is 15.1 Å². The first kappa shape index (κ1) is 10.5. The minimum Gasteiger partial charge on any atom is -0.373 e. The Kier molecular flexibility index (Phi) is 3.06. The van der Waals surface area contributed by atoms with Crippen LogP contribution in [0.25, 0.3) is 0 Å². The summed E-state index contributed by atoms with van der Waals surface area (Å²) in [7, 11) is 0. The molecule has 0 atom stereocenters. The molecule has 0 saturated heterocycles. The van der Waals surface area contributed by atoms with E-state index in [1.54, 1.807) is 12.3 Å². The van der Waals surface area contributed by atoms with Gasteiger partial charge in [0.2, 0.25) is 0 Å². The molecule has 2 aromatic rings. The number of nitrogens with one attached hydrogen (secondary N) is 1. The number of nitrogens with zero attached hydrogens (tertiary/aromatic N) is 3. The molecule has 16 heavy (non-hydrogen) atoms. The molecule has 0 aliphatic carbocycles. The van der Waals surface area contributed by atoms with Gasteiger partial charge in [0.25, 0.3) is 0 Å². The largest absolute Gasteiger partial charge is 0.373 e. The highest BCUT2D eigenvalue weighted by atomic mass is 32.1. The fourth-order valence-corrected chi connectivity index (χ4v) is 1.75. The van der Waals surface area contributed by atoms with Crippen LogP contribution >= 0.6 is 11.3 Å². The lowest BCUT2D eigenvalue weighted by molar-refractivity contribution is -0.384. The van der Waals surface area contributed by atoms with E-state index in [4.69, 9.17) is 0 Å². The number of pyridine rings is 1. The number of thiazole rings is 1. The average molecular weight is 236 g/mol. The van der Waals surface area contributed by atoms with Gasteiger partial charge in [0.15, 0.2) is 0 Å². The van der Waals surface area contributed by atoms with Crippen molar-refractivity contribution in [2.45, 2.75) is 6.54 Å². The standard InChI is InChI=1S/C9H8N4O2S/c14-13(15)8-5-10-2-1-7(8)12-6-9-11-3-4-16-9/h1-5H,6H2,(H,10,12). The second-order valence-electron chi connectivity index (χ2n) is 2.93. The Hall–Kier alpha value is -2.02. The second-order valence-corrected chi connectivity index (χ2v) is 3.91. The van der Waals surface area contributed by atoms with Crippen molar-refractivity contribution in [1.29, 1.82) is 0 Å². The van der Waals surface area contributed by atoms with E-state index in [-0.39, 0.29) is 5.69 Å². The predicted octanol–water partition coefficient (Wildman–Crippen LogP) is 2.06. The van der Waals surface area contributed by atoms with Crippen molar-refractivity contribution in [1.82, 2.24) is 9.97 Å². The summed E-state index contributed by atoms with van der Waals surface area (Å²) in [5.41, 5.74) is 0.425. The van der Waals surface area contributed by atoms with Crippen LogP contribution in [0.3, 0.4) is 0 Å². The zero-order valence-corrected chi connectivity index (χ0v) is 8.98. The Morgan fingerprint density at radius 2 is 2.38 bits per heavy atom. The molecule has 6 nitrogen and oxygen atoms in total. The normalized spacial score (nSPS) is 10.0. The number of aromatic nitrogens is 2. The molecule has 0 unspecified atom stereocenters. The van der Waals surface area contributed by atoms with Crippen molar-refractivity contribution in [3.05, 3.63) is 45.2 Å². The molecule has 0 fully saturated rings. The Balaban J connectivity index is 2.12. The van der Waals surface area contributed by atoms with Crippen LogP contribution in [-0.4, -0.2) is 14.9 Å². The molecule has 0 saturated carbocycles. The van der Waals surface area contributed by atoms with E-state index in [2.05, 4.69) is 15.3 Å². The Morgan fingerprint density at radius 1 is 1.50 bits per heavy atom. The first-order chi connectivity index (χ1) is 7.77. The maximum Gasteiger partial charge on any atom is 0.310 e. The van der Waals surface area contributed by atoms with Gasteiger partial charge in [0, 0.05) is 17.8 Å². The highest BCUT2D eigenvalue weighted by Crippen LogP contribution is 2.22. The summed E-state index contributed by atoms with van der Waals surface area (Å²) in [6.07, 6.45) is 4.43. The van der Waals surface area contributed by atoms with Crippen LogP contribution in [0.1, 0.15) is 5.01 Å². The van der Waals surface area contributed by atoms with E-state index in [9.17, 15) is 10.1 Å². The summed E-state index contributed by atoms with van der Waals surface area (Å²) < 4.78 is 0. The topological polar surface area (TPSA) is 81.0 Å². The highest BCUT2D eigenvalue weighted by molar-refractivity contribution is 7.09. The van der Waals surface area contributed by atoms with E-state index in [1.807, 2.05) is 5.38 Å². The van der Waals surface area contributed by atoms with E-state index >= 15 is 0 Å². The molecule has 0 amide bonds. The van der Waals surface area contributed by atoms with Crippen molar-refractivity contribution in [2.24, 2.45) is 0 Å². The molecule has 0 aromatic carbocycles. The molecule has 2 rings (SSSR count). The summed E-state index contributed by atoms with van der Waals surface area (Å²) in [6, 6.07) is 1.58. The third-order valence-corrected chi connectivity index (χ3v) is 2.69. The maximum absolute atomic E-state index is 10.7. The van der Waals surface area contributed by atoms with Gasteiger partial charge in [0.1, 0.15) is 16.9 Å². The lowest BCUT2D eigenvalue weighted by atomic mass is 10.3. The summed E-state index contributed by atoms with van der Waals surface area (Å²) in [5, 5.41) is 16.4. The van der Waals surface area contributed by atoms with Gasteiger partial charge in [-0.1, -0.05) is 0 Å². The van der Waals surface area contributed by atoms with Crippen molar-refractivity contribution in [3.8, 4) is 0 Å². The predicted molar refractivity (Wildman–Crippen MR) is 60.3 cm³/mol. The Bertz CT molecular complexity index is 486. The lowest BCUT2D eigenvalue weighted by Crippen LogP contribution is -2.02. The molecule has 0 aliphatic rings. The van der Waals surface area contributed by atoms with Gasteiger partial charge in [0.05, 0.1) is 11.5 Å². The van der Waals surface area contributed by atoms with Crippen LogP contribution < -0.4 is 5.32 Å². The fraction of sp³-hybridized carbons (Fsp3) is 0.111. The molecule has 82 valence electrons. The van der Waals surface area contributed by atoms with Gasteiger partial charge in [-0.05, 0) is 6.07 Å². The van der Waals surface area contributed by atoms with Gasteiger partial charge in [-0.25, -0.2) is 4.98 Å². The van der Waals surface area contributed by atoms with Gasteiger partial charge < -0.3 is 5.32 Å². The zero-order valence-electron chi connectivity index (χ0n) is 8.16. The highest BCUT2D eigenvalue weighted by Gasteiger charge is 2.12. The average Bonchev–Trinajstić information content (AvgIpc) is 2.79. The van der Waals surface area contributed by atoms with Crippen LogP contribution in [0.5, 0.6) is 0 Å². The van der Waals surface area contributed by atoms with E-state index in [1.165, 1.54) is 23.7 Å². The molecule has 0 spiro atoms. The number of hydrogen-bond donors (Lipinski definition) is 1. The summed E-state index contributed by atoms with van der Waals surface area (Å²) in [6.45, 7) is 0.475. The number of rotatable bonds is 4.